The van der Waals surface area contributed by atoms with E-state index in [1.54, 1.807) is 0 Å². The molecular weight excluding hydrogens is 184 g/mol. The third kappa shape index (κ3) is 3.46. The number of hydrogen-bond acceptors (Lipinski definition) is 2. The zero-order valence-electron chi connectivity index (χ0n) is 11.4. The summed E-state index contributed by atoms with van der Waals surface area (Å²) in [4.78, 5) is 5.26. The Labute approximate surface area is 95.6 Å². The summed E-state index contributed by atoms with van der Waals surface area (Å²) in [6.07, 6.45) is 1.31. The zero-order chi connectivity index (χ0) is 11.6. The summed E-state index contributed by atoms with van der Waals surface area (Å²) in [5.41, 5.74) is 0.312. The first-order chi connectivity index (χ1) is 6.82. The predicted molar refractivity (Wildman–Crippen MR) is 67.2 cm³/mol. The molecule has 0 aliphatic carbocycles. The van der Waals surface area contributed by atoms with Gasteiger partial charge in [0.05, 0.1) is 0 Å². The molecule has 1 heterocycles. The van der Waals surface area contributed by atoms with Crippen molar-refractivity contribution in [1.82, 2.24) is 9.80 Å². The van der Waals surface area contributed by atoms with Gasteiger partial charge in [0.15, 0.2) is 0 Å². The molecule has 0 aromatic rings. The molecule has 1 rings (SSSR count). The van der Waals surface area contributed by atoms with Gasteiger partial charge in [0.25, 0.3) is 0 Å². The largest absolute Gasteiger partial charge is 0.299 e. The van der Waals surface area contributed by atoms with Crippen LogP contribution in [0.25, 0.3) is 0 Å². The fourth-order valence-electron chi connectivity index (χ4n) is 2.66. The Morgan fingerprint density at radius 3 is 2.20 bits per heavy atom. The van der Waals surface area contributed by atoms with Gasteiger partial charge in [-0.15, -0.1) is 0 Å². The van der Waals surface area contributed by atoms with E-state index in [0.717, 1.165) is 0 Å². The molecule has 0 bridgehead atoms. The molecule has 1 fully saturated rings. The van der Waals surface area contributed by atoms with Crippen LogP contribution in [0.3, 0.4) is 0 Å². The number of hydrogen-bond donors (Lipinski definition) is 0. The predicted octanol–water partition coefficient (Wildman–Crippen LogP) is 2.59. The van der Waals surface area contributed by atoms with Gasteiger partial charge in [0, 0.05) is 30.7 Å². The van der Waals surface area contributed by atoms with Crippen molar-refractivity contribution in [3.05, 3.63) is 0 Å². The summed E-state index contributed by atoms with van der Waals surface area (Å²) in [5, 5.41) is 0. The molecule has 0 aromatic heterocycles. The molecule has 0 spiro atoms. The van der Waals surface area contributed by atoms with E-state index >= 15 is 0 Å². The Hall–Kier alpha value is -0.0800. The van der Waals surface area contributed by atoms with Crippen molar-refractivity contribution in [2.75, 3.05) is 19.6 Å². The molecule has 2 heteroatoms. The first kappa shape index (κ1) is 13.0. The first-order valence-corrected chi connectivity index (χ1v) is 6.33. The highest BCUT2D eigenvalue weighted by Crippen LogP contribution is 2.21. The topological polar surface area (TPSA) is 6.48 Å². The van der Waals surface area contributed by atoms with Crippen molar-refractivity contribution in [2.24, 2.45) is 0 Å². The maximum atomic E-state index is 2.65. The summed E-state index contributed by atoms with van der Waals surface area (Å²) in [6.45, 7) is 17.7. The summed E-state index contributed by atoms with van der Waals surface area (Å²) in [5.74, 6) is 0. The molecular formula is C13H28N2. The quantitative estimate of drug-likeness (QED) is 0.659. The van der Waals surface area contributed by atoms with Crippen molar-refractivity contribution >= 4 is 0 Å². The zero-order valence-corrected chi connectivity index (χ0v) is 11.4. The summed E-state index contributed by atoms with van der Waals surface area (Å²) < 4.78 is 0. The van der Waals surface area contributed by atoms with Crippen molar-refractivity contribution in [1.29, 1.82) is 0 Å². The monoisotopic (exact) mass is 212 g/mol. The smallest absolute Gasteiger partial charge is 0.0200 e. The second kappa shape index (κ2) is 4.84. The van der Waals surface area contributed by atoms with Gasteiger partial charge in [-0.2, -0.15) is 0 Å². The summed E-state index contributed by atoms with van der Waals surface area (Å²) >= 11 is 0. The van der Waals surface area contributed by atoms with Crippen LogP contribution in [0, 0.1) is 0 Å². The van der Waals surface area contributed by atoms with E-state index in [1.807, 2.05) is 0 Å². The summed E-state index contributed by atoms with van der Waals surface area (Å²) in [7, 11) is 0. The average molecular weight is 212 g/mol. The molecule has 0 aromatic carbocycles. The van der Waals surface area contributed by atoms with Gasteiger partial charge < -0.3 is 0 Å². The van der Waals surface area contributed by atoms with Gasteiger partial charge in [-0.1, -0.05) is 0 Å². The lowest BCUT2D eigenvalue weighted by Crippen LogP contribution is -2.49. The van der Waals surface area contributed by atoms with Crippen LogP contribution in [0.5, 0.6) is 0 Å². The van der Waals surface area contributed by atoms with E-state index in [-0.39, 0.29) is 0 Å². The highest BCUT2D eigenvalue weighted by atomic mass is 15.3. The second-order valence-corrected chi connectivity index (χ2v) is 6.16. The normalized spacial score (nSPS) is 27.0. The maximum absolute atomic E-state index is 2.65. The van der Waals surface area contributed by atoms with Gasteiger partial charge in [-0.25, -0.2) is 0 Å². The van der Waals surface area contributed by atoms with Gasteiger partial charge in [0.1, 0.15) is 0 Å². The Bertz CT molecular complexity index is 193. The molecule has 1 aliphatic rings. The van der Waals surface area contributed by atoms with Crippen LogP contribution in [0.4, 0.5) is 0 Å². The molecule has 0 N–H and O–H groups in total. The fourth-order valence-corrected chi connectivity index (χ4v) is 2.66. The van der Waals surface area contributed by atoms with Crippen molar-refractivity contribution in [2.45, 2.75) is 65.6 Å². The maximum Gasteiger partial charge on any atom is 0.0200 e. The lowest BCUT2D eigenvalue weighted by atomic mass is 10.0. The lowest BCUT2D eigenvalue weighted by molar-refractivity contribution is 0.0857. The Morgan fingerprint density at radius 2 is 1.73 bits per heavy atom. The van der Waals surface area contributed by atoms with E-state index < -0.39 is 0 Å². The van der Waals surface area contributed by atoms with Crippen LogP contribution < -0.4 is 0 Å². The SMILES string of the molecule is CC(C)N1CCCN(C(C)(C)C)[C@H](C)C1. The van der Waals surface area contributed by atoms with Crippen LogP contribution in [0.1, 0.15) is 48.0 Å². The molecule has 15 heavy (non-hydrogen) atoms. The van der Waals surface area contributed by atoms with Crippen molar-refractivity contribution in [3.8, 4) is 0 Å². The summed E-state index contributed by atoms with van der Waals surface area (Å²) in [6, 6.07) is 1.36. The second-order valence-electron chi connectivity index (χ2n) is 6.16. The minimum atomic E-state index is 0.312. The van der Waals surface area contributed by atoms with Crippen molar-refractivity contribution < 1.29 is 0 Å². The van der Waals surface area contributed by atoms with Crippen LogP contribution in [-0.2, 0) is 0 Å². The molecule has 0 radical (unpaired) electrons. The first-order valence-electron chi connectivity index (χ1n) is 6.33. The van der Waals surface area contributed by atoms with Crippen LogP contribution in [0.2, 0.25) is 0 Å². The van der Waals surface area contributed by atoms with Gasteiger partial charge in [0.2, 0.25) is 0 Å². The molecule has 0 amide bonds. The number of nitrogens with zero attached hydrogens (tertiary/aromatic N) is 2. The molecule has 1 atom stereocenters. The van der Waals surface area contributed by atoms with Crippen molar-refractivity contribution in [3.63, 3.8) is 0 Å². The lowest BCUT2D eigenvalue weighted by Gasteiger charge is -2.40. The standard InChI is InChI=1S/C13H28N2/c1-11(2)14-8-7-9-15(12(3)10-14)13(4,5)6/h11-12H,7-10H2,1-6H3/t12-/m1/s1. The third-order valence-corrected chi connectivity index (χ3v) is 3.47. The van der Waals surface area contributed by atoms with Crippen LogP contribution in [0.15, 0.2) is 0 Å². The molecule has 2 nitrogen and oxygen atoms in total. The number of rotatable bonds is 1. The van der Waals surface area contributed by atoms with E-state index in [4.69, 9.17) is 0 Å². The highest BCUT2D eigenvalue weighted by Gasteiger charge is 2.29. The molecule has 0 unspecified atom stereocenters. The van der Waals surface area contributed by atoms with E-state index in [9.17, 15) is 0 Å². The van der Waals surface area contributed by atoms with E-state index in [1.165, 1.54) is 26.1 Å². The minimum absolute atomic E-state index is 0.312. The molecule has 0 saturated carbocycles. The Kier molecular flexibility index (Phi) is 4.19. The van der Waals surface area contributed by atoms with Gasteiger partial charge >= 0.3 is 0 Å². The molecule has 1 saturated heterocycles. The third-order valence-electron chi connectivity index (χ3n) is 3.47. The van der Waals surface area contributed by atoms with E-state index in [2.05, 4.69) is 51.3 Å². The van der Waals surface area contributed by atoms with E-state index in [0.29, 0.717) is 17.6 Å². The fraction of sp³-hybridized carbons (Fsp3) is 1.00. The molecule has 90 valence electrons. The van der Waals surface area contributed by atoms with Gasteiger partial charge in [-0.05, 0) is 54.5 Å². The molecule has 1 aliphatic heterocycles. The highest BCUT2D eigenvalue weighted by molar-refractivity contribution is 4.86. The Balaban J connectivity index is 2.66. The van der Waals surface area contributed by atoms with Gasteiger partial charge in [-0.3, -0.25) is 9.80 Å². The van der Waals surface area contributed by atoms with Crippen LogP contribution >= 0.6 is 0 Å². The Morgan fingerprint density at radius 1 is 1.13 bits per heavy atom. The van der Waals surface area contributed by atoms with Crippen LogP contribution in [-0.4, -0.2) is 47.1 Å². The average Bonchev–Trinajstić information content (AvgIpc) is 2.25. The minimum Gasteiger partial charge on any atom is -0.299 e.